The van der Waals surface area contributed by atoms with Crippen molar-refractivity contribution in [2.45, 2.75) is 0 Å². The maximum absolute atomic E-state index is 8.53. The maximum atomic E-state index is 8.53. The number of pyridine rings is 1. The molecule has 1 heterocycles. The van der Waals surface area contributed by atoms with Gasteiger partial charge in [0.05, 0.1) is 16.8 Å². The topological polar surface area (TPSA) is 45.1 Å². The highest BCUT2D eigenvalue weighted by Gasteiger charge is 1.95. The Kier molecular flexibility index (Phi) is 3.32. The van der Waals surface area contributed by atoms with Crippen LogP contribution in [0.4, 0.5) is 5.69 Å². The summed E-state index contributed by atoms with van der Waals surface area (Å²) in [6.45, 7) is 0.692. The highest BCUT2D eigenvalue weighted by Crippen LogP contribution is 2.19. The molecule has 4 heteroatoms. The average molecular weight is 217 g/mol. The third-order valence-electron chi connectivity index (χ3n) is 1.20. The number of nitrogens with zero attached hydrogens (tertiary/aromatic N) is 1. The third-order valence-corrected chi connectivity index (χ3v) is 1.83. The van der Waals surface area contributed by atoms with E-state index in [2.05, 4.69) is 26.2 Å². The van der Waals surface area contributed by atoms with Gasteiger partial charge in [0.2, 0.25) is 0 Å². The number of rotatable bonds is 3. The lowest BCUT2D eigenvalue weighted by molar-refractivity contribution is 0.311. The van der Waals surface area contributed by atoms with Crippen molar-refractivity contribution in [3.63, 3.8) is 0 Å². The number of hydrogen-bond acceptors (Lipinski definition) is 3. The van der Waals surface area contributed by atoms with E-state index in [1.807, 2.05) is 6.07 Å². The van der Waals surface area contributed by atoms with Crippen molar-refractivity contribution in [2.24, 2.45) is 0 Å². The van der Waals surface area contributed by atoms with Gasteiger partial charge in [-0.3, -0.25) is 4.98 Å². The van der Waals surface area contributed by atoms with Gasteiger partial charge in [0.25, 0.3) is 0 Å². The number of aromatic nitrogens is 1. The van der Waals surface area contributed by atoms with Crippen molar-refractivity contribution in [3.8, 4) is 0 Å². The van der Waals surface area contributed by atoms with Crippen LogP contribution in [0.15, 0.2) is 22.9 Å². The lowest BCUT2D eigenvalue weighted by Gasteiger charge is -2.04. The Morgan fingerprint density at radius 3 is 3.09 bits per heavy atom. The molecule has 0 spiro atoms. The van der Waals surface area contributed by atoms with E-state index >= 15 is 0 Å². The molecule has 0 atom stereocenters. The fourth-order valence-corrected chi connectivity index (χ4v) is 1.10. The Hall–Kier alpha value is -0.610. The van der Waals surface area contributed by atoms with Crippen molar-refractivity contribution in [1.29, 1.82) is 0 Å². The molecule has 2 N–H and O–H groups in total. The summed E-state index contributed by atoms with van der Waals surface area (Å²) in [5.41, 5.74) is 0.953. The first kappa shape index (κ1) is 8.49. The summed E-state index contributed by atoms with van der Waals surface area (Å²) in [4.78, 5) is 3.90. The van der Waals surface area contributed by atoms with E-state index in [1.54, 1.807) is 12.4 Å². The zero-order chi connectivity index (χ0) is 8.10. The molecule has 3 nitrogen and oxygen atoms in total. The lowest BCUT2D eigenvalue weighted by atomic mass is 10.4. The van der Waals surface area contributed by atoms with Crippen LogP contribution in [0.5, 0.6) is 0 Å². The molecule has 0 fully saturated rings. The van der Waals surface area contributed by atoms with E-state index in [4.69, 9.17) is 5.11 Å². The monoisotopic (exact) mass is 216 g/mol. The van der Waals surface area contributed by atoms with Gasteiger partial charge < -0.3 is 10.4 Å². The second-order valence-corrected chi connectivity index (χ2v) is 2.86. The van der Waals surface area contributed by atoms with Gasteiger partial charge in [0.15, 0.2) is 0 Å². The molecular weight excluding hydrogens is 208 g/mol. The van der Waals surface area contributed by atoms with E-state index < -0.39 is 0 Å². The molecule has 60 valence electrons. The van der Waals surface area contributed by atoms with Crippen LogP contribution in [-0.2, 0) is 0 Å². The molecule has 0 amide bonds. The first-order valence-electron chi connectivity index (χ1n) is 3.29. The molecule has 1 aromatic heterocycles. The molecule has 1 aromatic rings. The molecular formula is C7H9BrN2O. The Labute approximate surface area is 73.6 Å². The van der Waals surface area contributed by atoms with Crippen molar-refractivity contribution >= 4 is 21.6 Å². The van der Waals surface area contributed by atoms with Gasteiger partial charge in [-0.2, -0.15) is 0 Å². The summed E-state index contributed by atoms with van der Waals surface area (Å²) in [6.07, 6.45) is 3.41. The van der Waals surface area contributed by atoms with Crippen LogP contribution in [0, 0.1) is 0 Å². The Balaban J connectivity index is 2.62. The predicted octanol–water partition coefficient (Wildman–Crippen LogP) is 1.25. The van der Waals surface area contributed by atoms with Gasteiger partial charge in [0, 0.05) is 18.9 Å². The predicted molar refractivity (Wildman–Crippen MR) is 47.5 cm³/mol. The van der Waals surface area contributed by atoms with Gasteiger partial charge in [-0.25, -0.2) is 0 Å². The molecule has 0 saturated carbocycles. The van der Waals surface area contributed by atoms with E-state index in [-0.39, 0.29) is 6.61 Å². The third kappa shape index (κ3) is 2.48. The molecule has 0 bridgehead atoms. The molecule has 0 radical (unpaired) electrons. The lowest BCUT2D eigenvalue weighted by Crippen LogP contribution is -2.05. The zero-order valence-corrected chi connectivity index (χ0v) is 7.50. The number of anilines is 1. The Morgan fingerprint density at radius 2 is 2.45 bits per heavy atom. The highest BCUT2D eigenvalue weighted by atomic mass is 79.9. The summed E-state index contributed by atoms with van der Waals surface area (Å²) in [6, 6.07) is 1.85. The minimum Gasteiger partial charge on any atom is -0.395 e. The van der Waals surface area contributed by atoms with Crippen molar-refractivity contribution in [3.05, 3.63) is 22.9 Å². The number of nitrogens with one attached hydrogen (secondary N) is 1. The van der Waals surface area contributed by atoms with Gasteiger partial charge in [-0.1, -0.05) is 0 Å². The van der Waals surface area contributed by atoms with Crippen LogP contribution in [-0.4, -0.2) is 23.2 Å². The summed E-state index contributed by atoms with van der Waals surface area (Å²) in [5.74, 6) is 0. The number of aliphatic hydroxyl groups excluding tert-OH is 1. The second-order valence-electron chi connectivity index (χ2n) is 2.01. The Bertz CT molecular complexity index is 229. The Morgan fingerprint density at radius 1 is 1.64 bits per heavy atom. The van der Waals surface area contributed by atoms with E-state index in [0.29, 0.717) is 6.54 Å². The summed E-state index contributed by atoms with van der Waals surface area (Å²) < 4.78 is 0.911. The van der Waals surface area contributed by atoms with Crippen LogP contribution < -0.4 is 5.32 Å². The highest BCUT2D eigenvalue weighted by molar-refractivity contribution is 9.10. The molecule has 0 aromatic carbocycles. The van der Waals surface area contributed by atoms with E-state index in [0.717, 1.165) is 10.2 Å². The zero-order valence-electron chi connectivity index (χ0n) is 5.92. The van der Waals surface area contributed by atoms with Crippen molar-refractivity contribution in [2.75, 3.05) is 18.5 Å². The van der Waals surface area contributed by atoms with Crippen molar-refractivity contribution < 1.29 is 5.11 Å². The molecule has 0 saturated heterocycles. The standard InChI is InChI=1S/C7H9BrN2O/c8-6-5-9-2-1-7(6)10-3-4-11/h1-2,5,11H,3-4H2,(H,9,10). The summed E-state index contributed by atoms with van der Waals surface area (Å²) >= 11 is 3.32. The number of halogens is 1. The average Bonchev–Trinajstić information content (AvgIpc) is 2.03. The minimum absolute atomic E-state index is 0.134. The summed E-state index contributed by atoms with van der Waals surface area (Å²) in [7, 11) is 0. The SMILES string of the molecule is OCCNc1ccncc1Br. The first-order valence-corrected chi connectivity index (χ1v) is 4.08. The normalized spacial score (nSPS) is 9.64. The molecule has 0 aliphatic carbocycles. The van der Waals surface area contributed by atoms with E-state index in [1.165, 1.54) is 0 Å². The van der Waals surface area contributed by atoms with Gasteiger partial charge in [-0.05, 0) is 22.0 Å². The van der Waals surface area contributed by atoms with Crippen molar-refractivity contribution in [1.82, 2.24) is 4.98 Å². The van der Waals surface area contributed by atoms with Crippen LogP contribution in [0.1, 0.15) is 0 Å². The van der Waals surface area contributed by atoms with Gasteiger partial charge in [0.1, 0.15) is 0 Å². The number of aliphatic hydroxyl groups is 1. The van der Waals surface area contributed by atoms with E-state index in [9.17, 15) is 0 Å². The first-order chi connectivity index (χ1) is 5.34. The molecule has 11 heavy (non-hydrogen) atoms. The largest absolute Gasteiger partial charge is 0.395 e. The molecule has 0 aliphatic rings. The molecule has 0 aliphatic heterocycles. The van der Waals surface area contributed by atoms with Gasteiger partial charge >= 0.3 is 0 Å². The fraction of sp³-hybridized carbons (Fsp3) is 0.286. The molecule has 0 unspecified atom stereocenters. The number of hydrogen-bond donors (Lipinski definition) is 2. The van der Waals surface area contributed by atoms with Crippen LogP contribution in [0.3, 0.4) is 0 Å². The van der Waals surface area contributed by atoms with Gasteiger partial charge in [-0.15, -0.1) is 0 Å². The minimum atomic E-state index is 0.134. The van der Waals surface area contributed by atoms with Crippen LogP contribution in [0.2, 0.25) is 0 Å². The molecule has 1 rings (SSSR count). The quantitative estimate of drug-likeness (QED) is 0.800. The fourth-order valence-electron chi connectivity index (χ4n) is 0.709. The van der Waals surface area contributed by atoms with Crippen LogP contribution in [0.25, 0.3) is 0 Å². The smallest absolute Gasteiger partial charge is 0.0604 e. The van der Waals surface area contributed by atoms with Crippen LogP contribution >= 0.6 is 15.9 Å². The maximum Gasteiger partial charge on any atom is 0.0604 e. The second kappa shape index (κ2) is 4.31. The summed E-state index contributed by atoms with van der Waals surface area (Å²) in [5, 5.41) is 11.6.